The summed E-state index contributed by atoms with van der Waals surface area (Å²) in [6, 6.07) is 28.4. The standard InChI is InChI=1S/C28H27N3/c29-19-22-9-10-24-16-26(17-25(24)15-22)23-7-4-8-28(18-23)31-13-11-27(12-14-31)30-20-21-5-2-1-3-6-21/h1-10,15,17-18,27,30H,11-14,16,20H2. The summed E-state index contributed by atoms with van der Waals surface area (Å²) in [7, 11) is 0. The van der Waals surface area contributed by atoms with Crippen molar-refractivity contribution < 1.29 is 0 Å². The summed E-state index contributed by atoms with van der Waals surface area (Å²) in [6.07, 6.45) is 5.52. The Balaban J connectivity index is 1.22. The molecule has 0 bridgehead atoms. The molecule has 0 unspecified atom stereocenters. The number of piperidine rings is 1. The minimum absolute atomic E-state index is 0.584. The van der Waals surface area contributed by atoms with Crippen LogP contribution in [-0.4, -0.2) is 19.1 Å². The molecule has 0 radical (unpaired) electrons. The van der Waals surface area contributed by atoms with Crippen LogP contribution in [0.25, 0.3) is 11.6 Å². The minimum Gasteiger partial charge on any atom is -0.371 e. The highest BCUT2D eigenvalue weighted by Crippen LogP contribution is 2.34. The molecule has 0 spiro atoms. The maximum absolute atomic E-state index is 9.16. The summed E-state index contributed by atoms with van der Waals surface area (Å²) < 4.78 is 0. The van der Waals surface area contributed by atoms with Crippen molar-refractivity contribution in [1.82, 2.24) is 5.32 Å². The second-order valence-electron chi connectivity index (χ2n) is 8.55. The van der Waals surface area contributed by atoms with Gasteiger partial charge in [0.2, 0.25) is 0 Å². The molecule has 3 aromatic carbocycles. The fourth-order valence-electron chi connectivity index (χ4n) is 4.69. The SMILES string of the molecule is N#Cc1ccc2c(c1)C=C(c1cccc(N3CCC(NCc4ccccc4)CC3)c1)C2. The lowest BCUT2D eigenvalue weighted by Gasteiger charge is -2.34. The van der Waals surface area contributed by atoms with E-state index in [1.807, 2.05) is 12.1 Å². The zero-order chi connectivity index (χ0) is 21.0. The topological polar surface area (TPSA) is 39.1 Å². The Morgan fingerprint density at radius 3 is 2.58 bits per heavy atom. The van der Waals surface area contributed by atoms with E-state index in [2.05, 4.69) is 83.0 Å². The molecular formula is C28H27N3. The van der Waals surface area contributed by atoms with E-state index in [0.29, 0.717) is 6.04 Å². The van der Waals surface area contributed by atoms with E-state index >= 15 is 0 Å². The van der Waals surface area contributed by atoms with Crippen molar-refractivity contribution in [2.75, 3.05) is 18.0 Å². The van der Waals surface area contributed by atoms with Gasteiger partial charge in [-0.25, -0.2) is 0 Å². The lowest BCUT2D eigenvalue weighted by Crippen LogP contribution is -2.42. The van der Waals surface area contributed by atoms with Crippen molar-refractivity contribution >= 4 is 17.3 Å². The van der Waals surface area contributed by atoms with Gasteiger partial charge in [-0.3, -0.25) is 0 Å². The van der Waals surface area contributed by atoms with Crippen LogP contribution >= 0.6 is 0 Å². The molecule has 31 heavy (non-hydrogen) atoms. The van der Waals surface area contributed by atoms with Gasteiger partial charge in [-0.2, -0.15) is 5.26 Å². The van der Waals surface area contributed by atoms with E-state index in [4.69, 9.17) is 5.26 Å². The first-order valence-electron chi connectivity index (χ1n) is 11.1. The first-order valence-corrected chi connectivity index (χ1v) is 11.1. The van der Waals surface area contributed by atoms with E-state index in [1.165, 1.54) is 46.4 Å². The second-order valence-corrected chi connectivity index (χ2v) is 8.55. The summed E-state index contributed by atoms with van der Waals surface area (Å²) in [6.45, 7) is 3.12. The summed E-state index contributed by atoms with van der Waals surface area (Å²) in [4.78, 5) is 2.51. The van der Waals surface area contributed by atoms with Crippen molar-refractivity contribution in [2.45, 2.75) is 31.8 Å². The molecule has 1 aliphatic carbocycles. The fraction of sp³-hybridized carbons (Fsp3) is 0.250. The van der Waals surface area contributed by atoms with E-state index in [0.717, 1.165) is 31.6 Å². The van der Waals surface area contributed by atoms with E-state index in [1.54, 1.807) is 0 Å². The maximum atomic E-state index is 9.16. The first-order chi connectivity index (χ1) is 15.3. The molecule has 154 valence electrons. The van der Waals surface area contributed by atoms with Crippen LogP contribution in [0.15, 0.2) is 72.8 Å². The average Bonchev–Trinajstić information content (AvgIpc) is 3.27. The lowest BCUT2D eigenvalue weighted by atomic mass is 10.0. The zero-order valence-electron chi connectivity index (χ0n) is 17.7. The van der Waals surface area contributed by atoms with Crippen molar-refractivity contribution in [1.29, 1.82) is 5.26 Å². The van der Waals surface area contributed by atoms with Gasteiger partial charge < -0.3 is 10.2 Å². The van der Waals surface area contributed by atoms with Gasteiger partial charge in [-0.15, -0.1) is 0 Å². The van der Waals surface area contributed by atoms with Gasteiger partial charge >= 0.3 is 0 Å². The first kappa shape index (κ1) is 19.6. The number of rotatable bonds is 5. The van der Waals surface area contributed by atoms with Gasteiger partial charge in [-0.05, 0) is 71.4 Å². The van der Waals surface area contributed by atoms with Gasteiger partial charge in [0.1, 0.15) is 0 Å². The van der Waals surface area contributed by atoms with Crippen molar-refractivity contribution in [2.24, 2.45) is 0 Å². The fourth-order valence-corrected chi connectivity index (χ4v) is 4.69. The molecule has 0 amide bonds. The monoisotopic (exact) mass is 405 g/mol. The molecule has 0 atom stereocenters. The molecule has 3 nitrogen and oxygen atoms in total. The molecule has 1 saturated heterocycles. The van der Waals surface area contributed by atoms with Crippen LogP contribution in [-0.2, 0) is 13.0 Å². The highest BCUT2D eigenvalue weighted by Gasteiger charge is 2.20. The summed E-state index contributed by atoms with van der Waals surface area (Å²) in [5.41, 5.74) is 8.52. The van der Waals surface area contributed by atoms with E-state index in [9.17, 15) is 0 Å². The molecule has 1 aliphatic heterocycles. The van der Waals surface area contributed by atoms with Gasteiger partial charge in [0, 0.05) is 31.4 Å². The number of hydrogen-bond acceptors (Lipinski definition) is 3. The third-order valence-electron chi connectivity index (χ3n) is 6.50. The molecule has 3 aromatic rings. The van der Waals surface area contributed by atoms with Crippen molar-refractivity contribution in [3.63, 3.8) is 0 Å². The zero-order valence-corrected chi connectivity index (χ0v) is 17.7. The number of hydrogen-bond donors (Lipinski definition) is 1. The Labute approximate surface area is 184 Å². The van der Waals surface area contributed by atoms with E-state index in [-0.39, 0.29) is 0 Å². The maximum Gasteiger partial charge on any atom is 0.0991 e. The van der Waals surface area contributed by atoms with Crippen LogP contribution in [0.5, 0.6) is 0 Å². The van der Waals surface area contributed by atoms with Gasteiger partial charge in [-0.1, -0.05) is 54.6 Å². The molecule has 5 rings (SSSR count). The van der Waals surface area contributed by atoms with Crippen molar-refractivity contribution in [3.8, 4) is 6.07 Å². The smallest absolute Gasteiger partial charge is 0.0991 e. The van der Waals surface area contributed by atoms with Crippen LogP contribution in [0.3, 0.4) is 0 Å². The molecule has 1 fully saturated rings. The predicted octanol–water partition coefficient (Wildman–Crippen LogP) is 5.41. The normalized spacial score (nSPS) is 16.0. The van der Waals surface area contributed by atoms with E-state index < -0.39 is 0 Å². The number of allylic oxidation sites excluding steroid dienone is 1. The van der Waals surface area contributed by atoms with Gasteiger partial charge in [0.05, 0.1) is 11.6 Å². The molecule has 3 heteroatoms. The summed E-state index contributed by atoms with van der Waals surface area (Å²) in [5.74, 6) is 0. The average molecular weight is 406 g/mol. The highest BCUT2D eigenvalue weighted by atomic mass is 15.1. The third kappa shape index (κ3) is 4.40. The summed E-state index contributed by atoms with van der Waals surface area (Å²) >= 11 is 0. The lowest BCUT2D eigenvalue weighted by molar-refractivity contribution is 0.414. The second kappa shape index (κ2) is 8.79. The van der Waals surface area contributed by atoms with Crippen LogP contribution in [0.4, 0.5) is 5.69 Å². The number of benzene rings is 3. The van der Waals surface area contributed by atoms with Gasteiger partial charge in [0.15, 0.2) is 0 Å². The quantitative estimate of drug-likeness (QED) is 0.617. The van der Waals surface area contributed by atoms with Crippen molar-refractivity contribution in [3.05, 3.63) is 101 Å². The Kier molecular flexibility index (Phi) is 5.56. The number of anilines is 1. The summed E-state index contributed by atoms with van der Waals surface area (Å²) in [5, 5.41) is 12.9. The van der Waals surface area contributed by atoms with Crippen LogP contribution < -0.4 is 10.2 Å². The predicted molar refractivity (Wildman–Crippen MR) is 128 cm³/mol. The Morgan fingerprint density at radius 2 is 1.77 bits per heavy atom. The molecule has 1 N–H and O–H groups in total. The Hall–Kier alpha value is -3.35. The molecular weight excluding hydrogens is 378 g/mol. The molecule has 2 aliphatic rings. The van der Waals surface area contributed by atoms with Crippen LogP contribution in [0.1, 0.15) is 40.7 Å². The number of nitrogens with zero attached hydrogens (tertiary/aromatic N) is 2. The number of nitrogens with one attached hydrogen (secondary N) is 1. The molecule has 1 heterocycles. The largest absolute Gasteiger partial charge is 0.371 e. The van der Waals surface area contributed by atoms with Crippen LogP contribution in [0.2, 0.25) is 0 Å². The molecule has 0 aromatic heterocycles. The minimum atomic E-state index is 0.584. The van der Waals surface area contributed by atoms with Gasteiger partial charge in [0.25, 0.3) is 0 Å². The molecule has 0 saturated carbocycles. The Bertz CT molecular complexity index is 1130. The van der Waals surface area contributed by atoms with Crippen LogP contribution in [0, 0.1) is 11.3 Å². The highest BCUT2D eigenvalue weighted by molar-refractivity contribution is 5.89. The third-order valence-corrected chi connectivity index (χ3v) is 6.50. The number of nitriles is 1. The Morgan fingerprint density at radius 1 is 0.935 bits per heavy atom. The number of fused-ring (bicyclic) bond motifs is 1.